The minimum atomic E-state index is 0.440. The topological polar surface area (TPSA) is 43.2 Å². The highest BCUT2D eigenvalue weighted by molar-refractivity contribution is 5.75. The summed E-state index contributed by atoms with van der Waals surface area (Å²) in [5, 5.41) is 0. The average Bonchev–Trinajstić information content (AvgIpc) is 2.82. The maximum absolute atomic E-state index is 5.44. The van der Waals surface area contributed by atoms with Crippen LogP contribution in [0.25, 0.3) is 11.2 Å². The van der Waals surface area contributed by atoms with E-state index in [1.54, 1.807) is 0 Å². The van der Waals surface area contributed by atoms with Crippen LogP contribution >= 0.6 is 0 Å². The predicted octanol–water partition coefficient (Wildman–Crippen LogP) is 2.33. The van der Waals surface area contributed by atoms with E-state index >= 15 is 0 Å². The van der Waals surface area contributed by atoms with Crippen LogP contribution in [0.2, 0.25) is 0 Å². The van der Waals surface area contributed by atoms with Gasteiger partial charge in [0.2, 0.25) is 0 Å². The van der Waals surface area contributed by atoms with E-state index in [-0.39, 0.29) is 0 Å². The zero-order chi connectivity index (χ0) is 14.8. The van der Waals surface area contributed by atoms with Crippen molar-refractivity contribution in [3.8, 4) is 0 Å². The van der Waals surface area contributed by atoms with Crippen LogP contribution in [-0.2, 0) is 4.74 Å². The second-order valence-electron chi connectivity index (χ2n) is 5.88. The van der Waals surface area contributed by atoms with Crippen LogP contribution in [0.3, 0.4) is 0 Å². The number of hydrogen-bond acceptors (Lipinski definition) is 4. The maximum atomic E-state index is 5.44. The SMILES string of the molecule is CC[C@H](CN1CCOCC1)n1cc(C)c2ncc(C)nc21. The number of ether oxygens (including phenoxy) is 1. The van der Waals surface area contributed by atoms with Crippen LogP contribution in [0.1, 0.15) is 30.6 Å². The zero-order valence-electron chi connectivity index (χ0n) is 13.2. The highest BCUT2D eigenvalue weighted by Crippen LogP contribution is 2.24. The minimum Gasteiger partial charge on any atom is -0.379 e. The van der Waals surface area contributed by atoms with Gasteiger partial charge in [-0.05, 0) is 25.8 Å². The molecule has 0 spiro atoms. The first-order chi connectivity index (χ1) is 10.2. The molecule has 0 saturated carbocycles. The lowest BCUT2D eigenvalue weighted by molar-refractivity contribution is 0.0314. The molecule has 3 heterocycles. The summed E-state index contributed by atoms with van der Waals surface area (Å²) in [5.74, 6) is 0. The molecule has 2 aromatic heterocycles. The Morgan fingerprint density at radius 3 is 2.76 bits per heavy atom. The number of aromatic nitrogens is 3. The fraction of sp³-hybridized carbons (Fsp3) is 0.625. The van der Waals surface area contributed by atoms with Crippen molar-refractivity contribution in [2.24, 2.45) is 0 Å². The third-order valence-electron chi connectivity index (χ3n) is 4.26. The van der Waals surface area contributed by atoms with E-state index in [1.807, 2.05) is 13.1 Å². The lowest BCUT2D eigenvalue weighted by Crippen LogP contribution is -2.39. The molecule has 5 heteroatoms. The summed E-state index contributed by atoms with van der Waals surface area (Å²) in [7, 11) is 0. The van der Waals surface area contributed by atoms with E-state index in [0.29, 0.717) is 6.04 Å². The highest BCUT2D eigenvalue weighted by atomic mass is 16.5. The number of aryl methyl sites for hydroxylation is 2. The molecule has 0 aromatic carbocycles. The van der Waals surface area contributed by atoms with E-state index in [9.17, 15) is 0 Å². The van der Waals surface area contributed by atoms with E-state index in [0.717, 1.165) is 56.1 Å². The average molecular weight is 288 g/mol. The Bertz CT molecular complexity index is 616. The molecule has 0 bridgehead atoms. The van der Waals surface area contributed by atoms with Gasteiger partial charge in [0.25, 0.3) is 0 Å². The molecule has 0 aliphatic carbocycles. The van der Waals surface area contributed by atoms with Gasteiger partial charge in [-0.15, -0.1) is 0 Å². The number of nitrogens with zero attached hydrogens (tertiary/aromatic N) is 4. The quantitative estimate of drug-likeness (QED) is 0.866. The first-order valence-electron chi connectivity index (χ1n) is 7.80. The summed E-state index contributed by atoms with van der Waals surface area (Å²) in [5.41, 5.74) is 4.23. The van der Waals surface area contributed by atoms with Crippen LogP contribution in [0.5, 0.6) is 0 Å². The van der Waals surface area contributed by atoms with Crippen molar-refractivity contribution in [2.45, 2.75) is 33.2 Å². The Morgan fingerprint density at radius 1 is 1.29 bits per heavy atom. The molecule has 0 unspecified atom stereocenters. The highest BCUT2D eigenvalue weighted by Gasteiger charge is 2.20. The van der Waals surface area contributed by atoms with E-state index in [1.165, 1.54) is 5.56 Å². The van der Waals surface area contributed by atoms with Crippen LogP contribution in [0.15, 0.2) is 12.4 Å². The molecule has 1 atom stereocenters. The van der Waals surface area contributed by atoms with Crippen LogP contribution in [0, 0.1) is 13.8 Å². The third kappa shape index (κ3) is 2.94. The van der Waals surface area contributed by atoms with Crippen molar-refractivity contribution in [1.29, 1.82) is 0 Å². The van der Waals surface area contributed by atoms with E-state index in [2.05, 4.69) is 34.5 Å². The first-order valence-corrected chi connectivity index (χ1v) is 7.80. The monoisotopic (exact) mass is 288 g/mol. The fourth-order valence-corrected chi connectivity index (χ4v) is 3.03. The number of hydrogen-bond donors (Lipinski definition) is 0. The largest absolute Gasteiger partial charge is 0.379 e. The third-order valence-corrected chi connectivity index (χ3v) is 4.26. The maximum Gasteiger partial charge on any atom is 0.159 e. The molecular formula is C16H24N4O. The fourth-order valence-electron chi connectivity index (χ4n) is 3.03. The summed E-state index contributed by atoms with van der Waals surface area (Å²) < 4.78 is 7.76. The summed E-state index contributed by atoms with van der Waals surface area (Å²) >= 11 is 0. The van der Waals surface area contributed by atoms with Gasteiger partial charge in [0.1, 0.15) is 5.52 Å². The van der Waals surface area contributed by atoms with Crippen LogP contribution in [0.4, 0.5) is 0 Å². The van der Waals surface area contributed by atoms with Gasteiger partial charge in [-0.1, -0.05) is 6.92 Å². The molecule has 3 rings (SSSR count). The molecule has 0 N–H and O–H groups in total. The second-order valence-corrected chi connectivity index (χ2v) is 5.88. The molecule has 2 aromatic rings. The molecule has 21 heavy (non-hydrogen) atoms. The van der Waals surface area contributed by atoms with Crippen molar-refractivity contribution in [1.82, 2.24) is 19.4 Å². The molecule has 1 saturated heterocycles. The Labute approximate surface area is 125 Å². The normalized spacial score (nSPS) is 18.2. The van der Waals surface area contributed by atoms with Crippen LogP contribution in [-0.4, -0.2) is 52.3 Å². The van der Waals surface area contributed by atoms with Crippen molar-refractivity contribution in [2.75, 3.05) is 32.8 Å². The predicted molar refractivity (Wildman–Crippen MR) is 83.6 cm³/mol. The molecular weight excluding hydrogens is 264 g/mol. The Kier molecular flexibility index (Phi) is 4.22. The minimum absolute atomic E-state index is 0.440. The lowest BCUT2D eigenvalue weighted by atomic mass is 10.2. The van der Waals surface area contributed by atoms with Gasteiger partial charge >= 0.3 is 0 Å². The Balaban J connectivity index is 1.90. The van der Waals surface area contributed by atoms with E-state index < -0.39 is 0 Å². The molecule has 0 amide bonds. The van der Waals surface area contributed by atoms with Gasteiger partial charge < -0.3 is 9.30 Å². The zero-order valence-corrected chi connectivity index (χ0v) is 13.2. The van der Waals surface area contributed by atoms with Crippen LogP contribution < -0.4 is 0 Å². The smallest absolute Gasteiger partial charge is 0.159 e. The van der Waals surface area contributed by atoms with Crippen molar-refractivity contribution >= 4 is 11.2 Å². The molecule has 5 nitrogen and oxygen atoms in total. The van der Waals surface area contributed by atoms with E-state index in [4.69, 9.17) is 9.72 Å². The summed E-state index contributed by atoms with van der Waals surface area (Å²) in [6, 6.07) is 0.440. The molecule has 1 aliphatic heterocycles. The van der Waals surface area contributed by atoms with Gasteiger partial charge in [0.05, 0.1) is 18.9 Å². The molecule has 114 valence electrons. The van der Waals surface area contributed by atoms with Gasteiger partial charge in [-0.3, -0.25) is 9.88 Å². The molecule has 1 aliphatic rings. The molecule has 0 radical (unpaired) electrons. The van der Waals surface area contributed by atoms with Crippen molar-refractivity contribution in [3.05, 3.63) is 23.7 Å². The first kappa shape index (κ1) is 14.5. The molecule has 1 fully saturated rings. The second kappa shape index (κ2) is 6.12. The van der Waals surface area contributed by atoms with Crippen molar-refractivity contribution < 1.29 is 4.74 Å². The Morgan fingerprint density at radius 2 is 2.05 bits per heavy atom. The lowest BCUT2D eigenvalue weighted by Gasteiger charge is -2.30. The summed E-state index contributed by atoms with van der Waals surface area (Å²) in [4.78, 5) is 11.8. The number of rotatable bonds is 4. The van der Waals surface area contributed by atoms with Gasteiger partial charge in [-0.2, -0.15) is 0 Å². The van der Waals surface area contributed by atoms with Gasteiger partial charge in [0, 0.05) is 38.1 Å². The summed E-state index contributed by atoms with van der Waals surface area (Å²) in [6.07, 6.45) is 5.15. The van der Waals surface area contributed by atoms with Gasteiger partial charge in [-0.25, -0.2) is 4.98 Å². The Hall–Kier alpha value is -1.46. The summed E-state index contributed by atoms with van der Waals surface area (Å²) in [6.45, 7) is 11.2. The number of morpholine rings is 1. The number of fused-ring (bicyclic) bond motifs is 1. The van der Waals surface area contributed by atoms with Gasteiger partial charge in [0.15, 0.2) is 5.65 Å². The van der Waals surface area contributed by atoms with Crippen molar-refractivity contribution in [3.63, 3.8) is 0 Å². The standard InChI is InChI=1S/C16H24N4O/c1-4-14(11-19-5-7-21-8-6-19)20-10-12(2)15-16(20)18-13(3)9-17-15/h9-10,14H,4-8,11H2,1-3H3/t14-/m1/s1.